The zero-order valence-corrected chi connectivity index (χ0v) is 20.7. The summed E-state index contributed by atoms with van der Waals surface area (Å²) in [5.74, 6) is 1.46. The molecule has 31 heavy (non-hydrogen) atoms. The van der Waals surface area contributed by atoms with Crippen LogP contribution < -0.4 is 4.57 Å². The Bertz CT molecular complexity index is 659. The van der Waals surface area contributed by atoms with Crippen LogP contribution in [-0.4, -0.2) is 4.57 Å². The second-order valence-corrected chi connectivity index (χ2v) is 9.31. The standard InChI is InChI=1S/C29H49N2/c1-3-5-6-7-8-9-10-11-12-13-14-15-16-17-21-24-29-30(25-4-2)26-27-31(29)28-22-19-18-20-23-28/h18-20,22-23,26-27H,3-17,21,24-25H2,1-2H3/q+1. The number of rotatable bonds is 19. The van der Waals surface area contributed by atoms with Gasteiger partial charge in [0.15, 0.2) is 0 Å². The molecule has 1 aromatic carbocycles. The summed E-state index contributed by atoms with van der Waals surface area (Å²) in [6.07, 6.45) is 28.3. The fraction of sp³-hybridized carbons (Fsp3) is 0.690. The Balaban J connectivity index is 1.54. The minimum atomic E-state index is 1.12. The summed E-state index contributed by atoms with van der Waals surface area (Å²) in [7, 11) is 0. The number of aromatic nitrogens is 2. The monoisotopic (exact) mass is 425 g/mol. The van der Waals surface area contributed by atoms with E-state index in [2.05, 4.69) is 65.7 Å². The topological polar surface area (TPSA) is 8.81 Å². The molecule has 0 spiro atoms. The van der Waals surface area contributed by atoms with E-state index in [1.54, 1.807) is 0 Å². The number of imidazole rings is 1. The smallest absolute Gasteiger partial charge is 0.234 e. The zero-order valence-electron chi connectivity index (χ0n) is 20.7. The van der Waals surface area contributed by atoms with Gasteiger partial charge in [-0.25, -0.2) is 4.57 Å². The normalized spacial score (nSPS) is 11.3. The van der Waals surface area contributed by atoms with Crippen LogP contribution in [0.4, 0.5) is 0 Å². The molecular formula is C29H49N2+. The van der Waals surface area contributed by atoms with Gasteiger partial charge in [0.2, 0.25) is 0 Å². The molecule has 0 unspecified atom stereocenters. The molecule has 2 rings (SSSR count). The highest BCUT2D eigenvalue weighted by molar-refractivity contribution is 5.31. The fourth-order valence-electron chi connectivity index (χ4n) is 4.64. The second kappa shape index (κ2) is 17.0. The van der Waals surface area contributed by atoms with E-state index in [0.29, 0.717) is 0 Å². The van der Waals surface area contributed by atoms with Crippen molar-refractivity contribution in [3.8, 4) is 5.69 Å². The van der Waals surface area contributed by atoms with E-state index in [4.69, 9.17) is 0 Å². The lowest BCUT2D eigenvalue weighted by atomic mass is 10.0. The summed E-state index contributed by atoms with van der Waals surface area (Å²) in [4.78, 5) is 0. The van der Waals surface area contributed by atoms with Crippen LogP contribution in [0.15, 0.2) is 42.7 Å². The van der Waals surface area contributed by atoms with E-state index in [-0.39, 0.29) is 0 Å². The molecule has 1 aromatic heterocycles. The third kappa shape index (κ3) is 10.5. The minimum absolute atomic E-state index is 1.12. The molecule has 2 aromatic rings. The van der Waals surface area contributed by atoms with Crippen molar-refractivity contribution >= 4 is 0 Å². The molecular weight excluding hydrogens is 376 g/mol. The van der Waals surface area contributed by atoms with Crippen LogP contribution in [0.3, 0.4) is 0 Å². The maximum absolute atomic E-state index is 2.46. The summed E-state index contributed by atoms with van der Waals surface area (Å²) in [5, 5.41) is 0. The average Bonchev–Trinajstić information content (AvgIpc) is 3.19. The van der Waals surface area contributed by atoms with Crippen molar-refractivity contribution in [1.82, 2.24) is 4.57 Å². The van der Waals surface area contributed by atoms with Crippen molar-refractivity contribution in [3.63, 3.8) is 0 Å². The first-order valence-electron chi connectivity index (χ1n) is 13.5. The largest absolute Gasteiger partial charge is 0.261 e. The van der Waals surface area contributed by atoms with E-state index in [1.165, 1.54) is 121 Å². The Labute approximate surface area is 193 Å². The first kappa shape index (κ1) is 25.7. The molecule has 2 heteroatoms. The summed E-state index contributed by atoms with van der Waals surface area (Å²) in [6.45, 7) is 5.69. The van der Waals surface area contributed by atoms with Gasteiger partial charge in [-0.15, -0.1) is 0 Å². The number of hydrogen-bond donors (Lipinski definition) is 0. The molecule has 2 nitrogen and oxygen atoms in total. The lowest BCUT2D eigenvalue weighted by Gasteiger charge is -2.05. The molecule has 0 fully saturated rings. The first-order chi connectivity index (χ1) is 15.4. The second-order valence-electron chi connectivity index (χ2n) is 9.31. The number of para-hydroxylation sites is 1. The predicted octanol–water partition coefficient (Wildman–Crippen LogP) is 8.59. The first-order valence-corrected chi connectivity index (χ1v) is 13.5. The molecule has 0 aliphatic heterocycles. The Morgan fingerprint density at radius 3 is 1.65 bits per heavy atom. The van der Waals surface area contributed by atoms with E-state index in [1.807, 2.05) is 0 Å². The fourth-order valence-corrected chi connectivity index (χ4v) is 4.64. The van der Waals surface area contributed by atoms with Crippen molar-refractivity contribution in [2.45, 2.75) is 130 Å². The summed E-state index contributed by atoms with van der Waals surface area (Å²) in [5.41, 5.74) is 1.29. The van der Waals surface area contributed by atoms with Crippen molar-refractivity contribution in [3.05, 3.63) is 48.5 Å². The predicted molar refractivity (Wildman–Crippen MR) is 135 cm³/mol. The van der Waals surface area contributed by atoms with Crippen LogP contribution in [-0.2, 0) is 13.0 Å². The molecule has 0 radical (unpaired) electrons. The number of hydrogen-bond acceptors (Lipinski definition) is 0. The number of nitrogens with zero attached hydrogens (tertiary/aromatic N) is 2. The van der Waals surface area contributed by atoms with Gasteiger partial charge in [0, 0.05) is 6.42 Å². The number of unbranched alkanes of at least 4 members (excludes halogenated alkanes) is 14. The Morgan fingerprint density at radius 1 is 0.613 bits per heavy atom. The van der Waals surface area contributed by atoms with Gasteiger partial charge in [0.1, 0.15) is 18.1 Å². The molecule has 0 saturated heterocycles. The summed E-state index contributed by atoms with van der Waals surface area (Å²) < 4.78 is 4.84. The van der Waals surface area contributed by atoms with Gasteiger partial charge in [0.05, 0.1) is 6.54 Å². The van der Waals surface area contributed by atoms with E-state index in [9.17, 15) is 0 Å². The van der Waals surface area contributed by atoms with E-state index < -0.39 is 0 Å². The van der Waals surface area contributed by atoms with Gasteiger partial charge in [-0.05, 0) is 25.0 Å². The molecule has 0 bridgehead atoms. The van der Waals surface area contributed by atoms with Gasteiger partial charge >= 0.3 is 0 Å². The molecule has 0 atom stereocenters. The molecule has 174 valence electrons. The third-order valence-electron chi connectivity index (χ3n) is 6.51. The molecule has 0 aliphatic carbocycles. The lowest BCUT2D eigenvalue weighted by molar-refractivity contribution is -0.703. The molecule has 0 N–H and O–H groups in total. The highest BCUT2D eigenvalue weighted by Crippen LogP contribution is 2.15. The molecule has 1 heterocycles. The van der Waals surface area contributed by atoms with Gasteiger partial charge in [-0.1, -0.05) is 122 Å². The molecule has 0 aliphatic rings. The summed E-state index contributed by atoms with van der Waals surface area (Å²) >= 11 is 0. The van der Waals surface area contributed by atoms with E-state index >= 15 is 0 Å². The van der Waals surface area contributed by atoms with Crippen LogP contribution in [0.25, 0.3) is 5.69 Å². The Hall–Kier alpha value is -1.57. The van der Waals surface area contributed by atoms with Gasteiger partial charge in [-0.3, -0.25) is 0 Å². The number of benzene rings is 1. The Kier molecular flexibility index (Phi) is 14.1. The molecule has 0 saturated carbocycles. The van der Waals surface area contributed by atoms with Crippen LogP contribution >= 0.6 is 0 Å². The SMILES string of the molecule is CCCCCCCCCCCCCCCCCc1n(-c2ccccc2)cc[n+]1CCC. The van der Waals surface area contributed by atoms with Crippen LogP contribution in [0.2, 0.25) is 0 Å². The van der Waals surface area contributed by atoms with Gasteiger partial charge < -0.3 is 0 Å². The van der Waals surface area contributed by atoms with Crippen LogP contribution in [0.5, 0.6) is 0 Å². The van der Waals surface area contributed by atoms with Crippen LogP contribution in [0.1, 0.15) is 122 Å². The van der Waals surface area contributed by atoms with Gasteiger partial charge in [0.25, 0.3) is 5.82 Å². The highest BCUT2D eigenvalue weighted by Gasteiger charge is 2.17. The lowest BCUT2D eigenvalue weighted by Crippen LogP contribution is -2.36. The van der Waals surface area contributed by atoms with Crippen molar-refractivity contribution in [1.29, 1.82) is 0 Å². The third-order valence-corrected chi connectivity index (χ3v) is 6.51. The van der Waals surface area contributed by atoms with Crippen molar-refractivity contribution in [2.24, 2.45) is 0 Å². The van der Waals surface area contributed by atoms with Crippen LogP contribution in [0, 0.1) is 0 Å². The maximum atomic E-state index is 2.46. The van der Waals surface area contributed by atoms with E-state index in [0.717, 1.165) is 6.54 Å². The summed E-state index contributed by atoms with van der Waals surface area (Å²) in [6, 6.07) is 10.8. The quantitative estimate of drug-likeness (QED) is 0.157. The minimum Gasteiger partial charge on any atom is -0.234 e. The molecule has 0 amide bonds. The number of aryl methyl sites for hydroxylation is 1. The van der Waals surface area contributed by atoms with Gasteiger partial charge in [-0.2, -0.15) is 4.57 Å². The van der Waals surface area contributed by atoms with Crippen molar-refractivity contribution in [2.75, 3.05) is 0 Å². The Morgan fingerprint density at radius 2 is 1.13 bits per heavy atom. The zero-order chi connectivity index (χ0) is 22.0. The highest BCUT2D eigenvalue weighted by atomic mass is 15.1. The van der Waals surface area contributed by atoms with Crippen molar-refractivity contribution < 1.29 is 4.57 Å². The average molecular weight is 426 g/mol. The maximum Gasteiger partial charge on any atom is 0.261 e.